The van der Waals surface area contributed by atoms with Gasteiger partial charge in [-0.1, -0.05) is 18.9 Å². The van der Waals surface area contributed by atoms with Crippen molar-refractivity contribution in [2.24, 2.45) is 4.99 Å². The fourth-order valence-electron chi connectivity index (χ4n) is 2.99. The molecular formula is C17H26ClN3O3. The van der Waals surface area contributed by atoms with Crippen LogP contribution in [0.2, 0.25) is 0 Å². The molecule has 1 aliphatic heterocycles. The topological polar surface area (TPSA) is 64.1 Å². The zero-order valence-corrected chi connectivity index (χ0v) is 15.0. The van der Waals surface area contributed by atoms with Crippen LogP contribution in [0.15, 0.2) is 23.2 Å². The van der Waals surface area contributed by atoms with E-state index in [2.05, 4.69) is 21.9 Å². The Balaban J connectivity index is 0.00000208. The zero-order valence-electron chi connectivity index (χ0n) is 14.2. The highest BCUT2D eigenvalue weighted by Crippen LogP contribution is 2.29. The van der Waals surface area contributed by atoms with Gasteiger partial charge in [-0.05, 0) is 37.5 Å². The largest absolute Gasteiger partial charge is 0.493 e. The van der Waals surface area contributed by atoms with Crippen molar-refractivity contribution in [3.05, 3.63) is 23.8 Å². The summed E-state index contributed by atoms with van der Waals surface area (Å²) in [6, 6.07) is 6.70. The Kier molecular flexibility index (Phi) is 7.15. The second-order valence-electron chi connectivity index (χ2n) is 6.05. The molecule has 6 nitrogen and oxygen atoms in total. The van der Waals surface area contributed by atoms with E-state index in [0.29, 0.717) is 18.4 Å². The summed E-state index contributed by atoms with van der Waals surface area (Å²) in [6.45, 7) is 3.06. The number of rotatable bonds is 7. The normalized spacial score (nSPS) is 20.2. The summed E-state index contributed by atoms with van der Waals surface area (Å²) in [6.07, 6.45) is 4.94. The molecule has 2 N–H and O–H groups in total. The van der Waals surface area contributed by atoms with Gasteiger partial charge in [0.25, 0.3) is 0 Å². The molecule has 1 aliphatic carbocycles. The minimum Gasteiger partial charge on any atom is -0.493 e. The van der Waals surface area contributed by atoms with Crippen molar-refractivity contribution in [2.45, 2.75) is 51.4 Å². The molecule has 134 valence electrons. The van der Waals surface area contributed by atoms with E-state index in [1.807, 2.05) is 19.1 Å². The Hall–Kier alpha value is -1.50. The molecule has 1 fully saturated rings. The van der Waals surface area contributed by atoms with Crippen LogP contribution in [0, 0.1) is 0 Å². The first-order valence-electron chi connectivity index (χ1n) is 8.24. The van der Waals surface area contributed by atoms with Crippen LogP contribution >= 0.6 is 12.4 Å². The van der Waals surface area contributed by atoms with Crippen LogP contribution in [-0.4, -0.2) is 31.8 Å². The SMILES string of the molecule is COc1cc(CNC2CCCC2)ccc1OCC1N=C(C)NO1.Cl. The maximum atomic E-state index is 5.78. The van der Waals surface area contributed by atoms with Crippen molar-refractivity contribution in [3.63, 3.8) is 0 Å². The summed E-state index contributed by atoms with van der Waals surface area (Å²) < 4.78 is 11.2. The highest BCUT2D eigenvalue weighted by atomic mass is 35.5. The minimum atomic E-state index is -0.316. The number of nitrogens with zero attached hydrogens (tertiary/aromatic N) is 1. The first kappa shape index (κ1) is 18.8. The molecule has 0 spiro atoms. The van der Waals surface area contributed by atoms with Crippen molar-refractivity contribution in [1.29, 1.82) is 0 Å². The third-order valence-electron chi connectivity index (χ3n) is 4.24. The van der Waals surface area contributed by atoms with Crippen molar-refractivity contribution in [1.82, 2.24) is 10.8 Å². The van der Waals surface area contributed by atoms with E-state index in [4.69, 9.17) is 14.3 Å². The molecule has 3 rings (SSSR count). The van der Waals surface area contributed by atoms with Gasteiger partial charge in [0.2, 0.25) is 6.23 Å². The maximum Gasteiger partial charge on any atom is 0.210 e. The van der Waals surface area contributed by atoms with Crippen molar-refractivity contribution < 1.29 is 14.3 Å². The summed E-state index contributed by atoms with van der Waals surface area (Å²) in [7, 11) is 1.66. The lowest BCUT2D eigenvalue weighted by molar-refractivity contribution is 0.00896. The molecule has 0 saturated heterocycles. The van der Waals surface area contributed by atoms with Gasteiger partial charge in [-0.15, -0.1) is 12.4 Å². The number of hydrogen-bond acceptors (Lipinski definition) is 6. The summed E-state index contributed by atoms with van der Waals surface area (Å²) >= 11 is 0. The zero-order chi connectivity index (χ0) is 16.1. The number of halogens is 1. The molecule has 1 heterocycles. The molecule has 24 heavy (non-hydrogen) atoms. The van der Waals surface area contributed by atoms with Gasteiger partial charge in [0.15, 0.2) is 11.5 Å². The predicted octanol–water partition coefficient (Wildman–Crippen LogP) is 2.81. The molecule has 2 aliphatic rings. The lowest BCUT2D eigenvalue weighted by Gasteiger charge is -2.15. The summed E-state index contributed by atoms with van der Waals surface area (Å²) in [5.74, 6) is 2.21. The average molecular weight is 356 g/mol. The Bertz CT molecular complexity index is 562. The van der Waals surface area contributed by atoms with Gasteiger partial charge < -0.3 is 14.8 Å². The number of benzene rings is 1. The van der Waals surface area contributed by atoms with Gasteiger partial charge >= 0.3 is 0 Å². The van der Waals surface area contributed by atoms with Gasteiger partial charge in [-0.3, -0.25) is 5.48 Å². The molecule has 0 radical (unpaired) electrons. The number of nitrogens with one attached hydrogen (secondary N) is 2. The van der Waals surface area contributed by atoms with Crippen molar-refractivity contribution in [2.75, 3.05) is 13.7 Å². The molecule has 0 amide bonds. The molecule has 0 aromatic heterocycles. The smallest absolute Gasteiger partial charge is 0.210 e. The quantitative estimate of drug-likeness (QED) is 0.787. The first-order valence-corrected chi connectivity index (χ1v) is 8.24. The van der Waals surface area contributed by atoms with Gasteiger partial charge in [-0.25, -0.2) is 9.83 Å². The van der Waals surface area contributed by atoms with E-state index in [-0.39, 0.29) is 18.6 Å². The molecule has 1 saturated carbocycles. The lowest BCUT2D eigenvalue weighted by Crippen LogP contribution is -2.25. The Morgan fingerprint density at radius 2 is 2.08 bits per heavy atom. The summed E-state index contributed by atoms with van der Waals surface area (Å²) in [5.41, 5.74) is 3.92. The molecule has 1 atom stereocenters. The number of ether oxygens (including phenoxy) is 2. The van der Waals surface area contributed by atoms with Gasteiger partial charge in [0, 0.05) is 12.6 Å². The molecular weight excluding hydrogens is 330 g/mol. The number of methoxy groups -OCH3 is 1. The standard InChI is InChI=1S/C17H25N3O3.ClH/c1-12-19-17(23-20-12)11-22-15-8-7-13(9-16(15)21-2)10-18-14-5-3-4-6-14;/h7-9,14,17-18H,3-6,10-11H2,1-2H3,(H,19,20);1H. The fraction of sp³-hybridized carbons (Fsp3) is 0.588. The third kappa shape index (κ3) is 5.00. The lowest BCUT2D eigenvalue weighted by atomic mass is 10.1. The predicted molar refractivity (Wildman–Crippen MR) is 96.0 cm³/mol. The van der Waals surface area contributed by atoms with E-state index >= 15 is 0 Å². The maximum absolute atomic E-state index is 5.78. The molecule has 1 aromatic rings. The van der Waals surface area contributed by atoms with Crippen LogP contribution in [-0.2, 0) is 11.4 Å². The van der Waals surface area contributed by atoms with Gasteiger partial charge in [-0.2, -0.15) is 0 Å². The minimum absolute atomic E-state index is 0. The number of hydrogen-bond donors (Lipinski definition) is 2. The molecule has 0 bridgehead atoms. The van der Waals surface area contributed by atoms with Gasteiger partial charge in [0.05, 0.1) is 7.11 Å². The number of amidine groups is 1. The summed E-state index contributed by atoms with van der Waals surface area (Å²) in [5, 5.41) is 3.61. The van der Waals surface area contributed by atoms with E-state index in [1.165, 1.54) is 31.2 Å². The van der Waals surface area contributed by atoms with Crippen LogP contribution < -0.4 is 20.3 Å². The monoisotopic (exact) mass is 355 g/mol. The van der Waals surface area contributed by atoms with Crippen LogP contribution in [0.1, 0.15) is 38.2 Å². The third-order valence-corrected chi connectivity index (χ3v) is 4.24. The number of hydroxylamine groups is 1. The van der Waals surface area contributed by atoms with Crippen LogP contribution in [0.25, 0.3) is 0 Å². The van der Waals surface area contributed by atoms with Crippen LogP contribution in [0.3, 0.4) is 0 Å². The number of aliphatic imine (C=N–C) groups is 1. The highest BCUT2D eigenvalue weighted by Gasteiger charge is 2.17. The molecule has 1 unspecified atom stereocenters. The Morgan fingerprint density at radius 1 is 1.29 bits per heavy atom. The van der Waals surface area contributed by atoms with E-state index in [9.17, 15) is 0 Å². The fourth-order valence-corrected chi connectivity index (χ4v) is 2.99. The van der Waals surface area contributed by atoms with E-state index < -0.39 is 0 Å². The van der Waals surface area contributed by atoms with Gasteiger partial charge in [0.1, 0.15) is 12.4 Å². The van der Waals surface area contributed by atoms with Crippen molar-refractivity contribution >= 4 is 18.2 Å². The second-order valence-corrected chi connectivity index (χ2v) is 6.05. The first-order chi connectivity index (χ1) is 11.2. The molecule has 7 heteroatoms. The van der Waals surface area contributed by atoms with E-state index in [0.717, 1.165) is 18.1 Å². The van der Waals surface area contributed by atoms with E-state index in [1.54, 1.807) is 7.11 Å². The van der Waals surface area contributed by atoms with Crippen molar-refractivity contribution in [3.8, 4) is 11.5 Å². The Labute approximate surface area is 149 Å². The molecule has 1 aromatic carbocycles. The van der Waals surface area contributed by atoms with Crippen LogP contribution in [0.5, 0.6) is 11.5 Å². The Morgan fingerprint density at radius 3 is 2.75 bits per heavy atom. The second kappa shape index (κ2) is 9.11. The summed E-state index contributed by atoms with van der Waals surface area (Å²) in [4.78, 5) is 9.51. The average Bonchev–Trinajstić information content (AvgIpc) is 3.22. The van der Waals surface area contributed by atoms with Crippen LogP contribution in [0.4, 0.5) is 0 Å². The highest BCUT2D eigenvalue weighted by molar-refractivity contribution is 5.85.